The maximum atomic E-state index is 11.8. The molecular formula is C14H11N5OS. The van der Waals surface area contributed by atoms with E-state index < -0.39 is 0 Å². The van der Waals surface area contributed by atoms with Crippen molar-refractivity contribution in [2.24, 2.45) is 0 Å². The van der Waals surface area contributed by atoms with Crippen LogP contribution in [0.25, 0.3) is 0 Å². The molecule has 0 atom stereocenters. The molecule has 1 aromatic carbocycles. The highest BCUT2D eigenvalue weighted by Gasteiger charge is 2.07. The number of carbonyl (C=O) groups excluding carboxylic acids is 1. The maximum absolute atomic E-state index is 11.8. The Balaban J connectivity index is 1.96. The Morgan fingerprint density at radius 3 is 2.90 bits per heavy atom. The fraction of sp³-hybridized carbons (Fsp3) is 0.0714. The Kier molecular flexibility index (Phi) is 4.86. The summed E-state index contributed by atoms with van der Waals surface area (Å²) in [6.45, 7) is 0. The number of terminal acetylenes is 2. The van der Waals surface area contributed by atoms with Crippen LogP contribution in [0.2, 0.25) is 0 Å². The number of nitrogens with zero attached hydrogens (tertiary/aromatic N) is 3. The first-order chi connectivity index (χ1) is 10.2. The average molecular weight is 297 g/mol. The van der Waals surface area contributed by atoms with Crippen LogP contribution in [0, 0.1) is 24.9 Å². The van der Waals surface area contributed by atoms with E-state index in [4.69, 9.17) is 12.8 Å². The molecule has 2 aromatic rings. The lowest BCUT2D eigenvalue weighted by Gasteiger charge is -2.11. The highest BCUT2D eigenvalue weighted by molar-refractivity contribution is 7.99. The van der Waals surface area contributed by atoms with Crippen molar-refractivity contribution in [3.05, 3.63) is 30.6 Å². The molecule has 1 aromatic heterocycles. The summed E-state index contributed by atoms with van der Waals surface area (Å²) in [5.41, 5.74) is 1.26. The molecule has 21 heavy (non-hydrogen) atoms. The van der Waals surface area contributed by atoms with Gasteiger partial charge in [0.1, 0.15) is 6.33 Å². The lowest BCUT2D eigenvalue weighted by atomic mass is 10.2. The van der Waals surface area contributed by atoms with Crippen molar-refractivity contribution in [1.29, 1.82) is 0 Å². The number of H-pyrrole nitrogens is 1. The highest BCUT2D eigenvalue weighted by Crippen LogP contribution is 2.19. The van der Waals surface area contributed by atoms with Gasteiger partial charge < -0.3 is 5.32 Å². The van der Waals surface area contributed by atoms with Crippen LogP contribution in [-0.2, 0) is 4.79 Å². The summed E-state index contributed by atoms with van der Waals surface area (Å²) in [5.74, 6) is 0.0504. The zero-order valence-corrected chi connectivity index (χ0v) is 11.7. The largest absolute Gasteiger partial charge is 0.325 e. The number of nitrogens with one attached hydrogen (secondary N) is 2. The second-order valence-corrected chi connectivity index (χ2v) is 4.74. The van der Waals surface area contributed by atoms with E-state index in [1.807, 2.05) is 0 Å². The molecule has 1 heterocycles. The van der Waals surface area contributed by atoms with Gasteiger partial charge in [0.25, 0.3) is 0 Å². The number of aromatic nitrogens is 3. The highest BCUT2D eigenvalue weighted by atomic mass is 32.2. The van der Waals surface area contributed by atoms with Crippen LogP contribution < -0.4 is 10.2 Å². The van der Waals surface area contributed by atoms with Crippen LogP contribution in [0.5, 0.6) is 0 Å². The van der Waals surface area contributed by atoms with Crippen LogP contribution in [0.1, 0.15) is 0 Å². The van der Waals surface area contributed by atoms with E-state index in [-0.39, 0.29) is 11.7 Å². The van der Waals surface area contributed by atoms with Crippen LogP contribution in [0.15, 0.2) is 35.7 Å². The molecule has 1 amide bonds. The van der Waals surface area contributed by atoms with Gasteiger partial charge in [-0.1, -0.05) is 30.7 Å². The Bertz CT molecular complexity index is 685. The fourth-order valence-electron chi connectivity index (χ4n) is 1.50. The molecule has 0 saturated carbocycles. The Morgan fingerprint density at radius 2 is 2.24 bits per heavy atom. The minimum atomic E-state index is -0.165. The molecule has 0 saturated heterocycles. The number of aromatic amines is 1. The van der Waals surface area contributed by atoms with Gasteiger partial charge in [-0.3, -0.25) is 9.89 Å². The van der Waals surface area contributed by atoms with Crippen LogP contribution in [0.3, 0.4) is 0 Å². The van der Waals surface area contributed by atoms with Gasteiger partial charge in [-0.15, -0.1) is 0 Å². The quantitative estimate of drug-likeness (QED) is 0.497. The summed E-state index contributed by atoms with van der Waals surface area (Å²) >= 11 is 1.26. The summed E-state index contributed by atoms with van der Waals surface area (Å²) < 4.78 is 0. The number of hydrogen-bond donors (Lipinski definition) is 2. The Labute approximate surface area is 126 Å². The van der Waals surface area contributed by atoms with Crippen molar-refractivity contribution < 1.29 is 4.79 Å². The van der Waals surface area contributed by atoms with Gasteiger partial charge in [0.05, 0.1) is 11.4 Å². The molecule has 0 unspecified atom stereocenters. The van der Waals surface area contributed by atoms with Gasteiger partial charge in [0.15, 0.2) is 5.16 Å². The topological polar surface area (TPSA) is 73.9 Å². The molecule has 7 heteroatoms. The van der Waals surface area contributed by atoms with E-state index in [1.54, 1.807) is 24.3 Å². The molecule has 0 aliphatic rings. The van der Waals surface area contributed by atoms with Crippen molar-refractivity contribution in [3.63, 3.8) is 0 Å². The summed E-state index contributed by atoms with van der Waals surface area (Å²) in [6, 6.07) is 11.7. The molecule has 0 aliphatic heterocycles. The van der Waals surface area contributed by atoms with Crippen molar-refractivity contribution in [2.75, 3.05) is 16.0 Å². The molecule has 0 bridgehead atoms. The summed E-state index contributed by atoms with van der Waals surface area (Å²) in [4.78, 5) is 17.1. The van der Waals surface area contributed by atoms with Crippen molar-refractivity contribution >= 4 is 29.0 Å². The van der Waals surface area contributed by atoms with Gasteiger partial charge in [-0.05, 0) is 18.2 Å². The number of hydrogen-bond acceptors (Lipinski definition) is 5. The van der Waals surface area contributed by atoms with E-state index in [0.717, 1.165) is 0 Å². The number of rotatable bonds is 5. The number of benzene rings is 1. The van der Waals surface area contributed by atoms with E-state index in [0.29, 0.717) is 16.5 Å². The van der Waals surface area contributed by atoms with Gasteiger partial charge in [-0.2, -0.15) is 5.10 Å². The van der Waals surface area contributed by atoms with E-state index in [9.17, 15) is 4.79 Å². The Morgan fingerprint density at radius 1 is 1.43 bits per heavy atom. The second-order valence-electron chi connectivity index (χ2n) is 3.77. The predicted octanol–water partition coefficient (Wildman–Crippen LogP) is 1.52. The minimum Gasteiger partial charge on any atom is -0.325 e. The molecule has 6 nitrogen and oxygen atoms in total. The van der Waals surface area contributed by atoms with Gasteiger partial charge in [0.2, 0.25) is 5.91 Å². The third-order valence-electron chi connectivity index (χ3n) is 2.38. The number of amides is 1. The number of thioether (sulfide) groups is 1. The lowest BCUT2D eigenvalue weighted by Crippen LogP contribution is -2.15. The van der Waals surface area contributed by atoms with Crippen molar-refractivity contribution in [3.8, 4) is 24.9 Å². The number of anilines is 2. The van der Waals surface area contributed by atoms with Crippen LogP contribution in [-0.4, -0.2) is 26.8 Å². The third kappa shape index (κ3) is 4.03. The molecule has 0 radical (unpaired) electrons. The zero-order chi connectivity index (χ0) is 15.1. The summed E-state index contributed by atoms with van der Waals surface area (Å²) in [7, 11) is 0. The molecule has 104 valence electrons. The minimum absolute atomic E-state index is 0.165. The molecule has 2 N–H and O–H groups in total. The van der Waals surface area contributed by atoms with Gasteiger partial charge >= 0.3 is 0 Å². The average Bonchev–Trinajstić information content (AvgIpc) is 3.00. The van der Waals surface area contributed by atoms with E-state index in [1.165, 1.54) is 23.0 Å². The maximum Gasteiger partial charge on any atom is 0.234 e. The van der Waals surface area contributed by atoms with Gasteiger partial charge in [-0.25, -0.2) is 9.88 Å². The zero-order valence-electron chi connectivity index (χ0n) is 10.9. The summed E-state index contributed by atoms with van der Waals surface area (Å²) in [5, 5.41) is 9.72. The van der Waals surface area contributed by atoms with E-state index >= 15 is 0 Å². The molecule has 0 spiro atoms. The first-order valence-corrected chi connectivity index (χ1v) is 6.82. The third-order valence-corrected chi connectivity index (χ3v) is 3.26. The normalized spacial score (nSPS) is 9.43. The first kappa shape index (κ1) is 14.5. The summed E-state index contributed by atoms with van der Waals surface area (Å²) in [6.07, 6.45) is 12.0. The standard InChI is InChI=1S/C14H11N5OS/c1-3-19(4-2)12-7-5-6-11(8-12)17-13(20)9-21-14-15-10-16-18-14/h1-2,5-8,10H,9H2,(H,17,20)(H,15,16,18). The molecule has 0 aliphatic carbocycles. The fourth-order valence-corrected chi connectivity index (χ4v) is 2.08. The molecular weight excluding hydrogens is 286 g/mol. The molecule has 2 rings (SSSR count). The Hall–Kier alpha value is -2.90. The van der Waals surface area contributed by atoms with Crippen LogP contribution in [0.4, 0.5) is 11.4 Å². The monoisotopic (exact) mass is 297 g/mol. The molecule has 0 fully saturated rings. The SMILES string of the molecule is C#CN(C#C)c1cccc(NC(=O)CSc2ncn[nH]2)c1. The van der Waals surface area contributed by atoms with Crippen molar-refractivity contribution in [2.45, 2.75) is 5.16 Å². The van der Waals surface area contributed by atoms with Crippen molar-refractivity contribution in [1.82, 2.24) is 15.2 Å². The predicted molar refractivity (Wildman–Crippen MR) is 82.3 cm³/mol. The number of carbonyl (C=O) groups is 1. The van der Waals surface area contributed by atoms with Gasteiger partial charge in [0, 0.05) is 17.8 Å². The smallest absolute Gasteiger partial charge is 0.234 e. The van der Waals surface area contributed by atoms with E-state index in [2.05, 4.69) is 32.6 Å². The second kappa shape index (κ2) is 7.04. The lowest BCUT2D eigenvalue weighted by molar-refractivity contribution is -0.113. The van der Waals surface area contributed by atoms with Crippen LogP contribution >= 0.6 is 11.8 Å². The first-order valence-electron chi connectivity index (χ1n) is 5.83.